The number of methoxy groups -OCH3 is 1. The highest BCUT2D eigenvalue weighted by atomic mass is 16.7. The Morgan fingerprint density at radius 2 is 2.06 bits per heavy atom. The van der Waals surface area contributed by atoms with Crippen LogP contribution in [0.1, 0.15) is 12.0 Å². The lowest BCUT2D eigenvalue weighted by molar-refractivity contribution is 0.0697. The highest BCUT2D eigenvalue weighted by molar-refractivity contribution is 5.25. The van der Waals surface area contributed by atoms with Gasteiger partial charge in [0.2, 0.25) is 0 Å². The Labute approximate surface area is 101 Å². The number of aryl methyl sites for hydroxylation is 1. The van der Waals surface area contributed by atoms with Gasteiger partial charge in [-0.2, -0.15) is 0 Å². The van der Waals surface area contributed by atoms with Crippen molar-refractivity contribution >= 4 is 0 Å². The van der Waals surface area contributed by atoms with Gasteiger partial charge in [0.15, 0.2) is 5.34 Å². The summed E-state index contributed by atoms with van der Waals surface area (Å²) in [7, 11) is 1.67. The molecule has 1 aliphatic rings. The Bertz CT molecular complexity index is 321. The molecule has 0 saturated carbocycles. The second kappa shape index (κ2) is 7.62. The topological polar surface area (TPSA) is 59.9 Å². The molecule has 17 heavy (non-hydrogen) atoms. The average Bonchev–Trinajstić information content (AvgIpc) is 2.84. The number of rotatable bonds is 3. The standard InChI is InChI=1S/C8H10O.C4H8N2O2/c1-7-3-5-8(9-2)6-4-7;7-6-8-4-1-2-5-3-4/h3-6H,1-2H3;4-5H,1-3H2. The predicted molar refractivity (Wildman–Crippen MR) is 65.9 cm³/mol. The van der Waals surface area contributed by atoms with E-state index in [1.165, 1.54) is 5.56 Å². The first kappa shape index (κ1) is 13.4. The number of hydrogen-bond acceptors (Lipinski definition) is 5. The molecule has 1 heterocycles. The van der Waals surface area contributed by atoms with Gasteiger partial charge in [-0.1, -0.05) is 17.7 Å². The zero-order valence-electron chi connectivity index (χ0n) is 10.2. The first-order valence-corrected chi connectivity index (χ1v) is 5.56. The summed E-state index contributed by atoms with van der Waals surface area (Å²) in [5.74, 6) is 0.917. The summed E-state index contributed by atoms with van der Waals surface area (Å²) in [4.78, 5) is 13.9. The normalized spacial score (nSPS) is 17.9. The van der Waals surface area contributed by atoms with Crippen LogP contribution >= 0.6 is 0 Å². The van der Waals surface area contributed by atoms with Gasteiger partial charge < -0.3 is 14.9 Å². The van der Waals surface area contributed by atoms with Crippen molar-refractivity contribution in [2.45, 2.75) is 19.4 Å². The summed E-state index contributed by atoms with van der Waals surface area (Å²) >= 11 is 0. The van der Waals surface area contributed by atoms with Crippen LogP contribution in [0, 0.1) is 11.8 Å². The van der Waals surface area contributed by atoms with Crippen LogP contribution in [0.5, 0.6) is 5.75 Å². The van der Waals surface area contributed by atoms with Gasteiger partial charge in [0.05, 0.1) is 7.11 Å². The van der Waals surface area contributed by atoms with Crippen molar-refractivity contribution in [1.29, 1.82) is 0 Å². The Kier molecular flexibility index (Phi) is 6.03. The summed E-state index contributed by atoms with van der Waals surface area (Å²) in [6, 6.07) is 7.96. The van der Waals surface area contributed by atoms with Crippen molar-refractivity contribution in [2.75, 3.05) is 20.2 Å². The molecule has 1 N–H and O–H groups in total. The van der Waals surface area contributed by atoms with E-state index in [9.17, 15) is 4.91 Å². The maximum atomic E-state index is 9.46. The van der Waals surface area contributed by atoms with E-state index >= 15 is 0 Å². The molecule has 1 saturated heterocycles. The van der Waals surface area contributed by atoms with E-state index in [1.54, 1.807) is 7.11 Å². The smallest absolute Gasteiger partial charge is 0.155 e. The molecule has 1 aromatic rings. The number of nitrogens with one attached hydrogen (secondary N) is 1. The van der Waals surface area contributed by atoms with Crippen molar-refractivity contribution in [2.24, 2.45) is 5.34 Å². The first-order valence-electron chi connectivity index (χ1n) is 5.56. The van der Waals surface area contributed by atoms with Crippen molar-refractivity contribution in [1.82, 2.24) is 5.32 Å². The van der Waals surface area contributed by atoms with Crippen LogP contribution in [0.4, 0.5) is 0 Å². The minimum absolute atomic E-state index is 0.0208. The molecule has 1 aliphatic heterocycles. The van der Waals surface area contributed by atoms with Crippen LogP contribution in [0.15, 0.2) is 29.6 Å². The lowest BCUT2D eigenvalue weighted by Gasteiger charge is -1.99. The maximum absolute atomic E-state index is 9.46. The van der Waals surface area contributed by atoms with E-state index in [-0.39, 0.29) is 6.10 Å². The summed E-state index contributed by atoms with van der Waals surface area (Å²) in [5.41, 5.74) is 1.26. The number of benzene rings is 1. The molecular weight excluding hydrogens is 220 g/mol. The SMILES string of the molecule is COc1ccc(C)cc1.O=NOC1CCNC1. The molecule has 94 valence electrons. The fraction of sp³-hybridized carbons (Fsp3) is 0.500. The molecular formula is C12H18N2O3. The number of hydrogen-bond donors (Lipinski definition) is 1. The van der Waals surface area contributed by atoms with Crippen LogP contribution < -0.4 is 10.1 Å². The Morgan fingerprint density at radius 3 is 2.53 bits per heavy atom. The molecule has 1 aromatic carbocycles. The minimum atomic E-state index is 0.0208. The van der Waals surface area contributed by atoms with Gasteiger partial charge in [-0.15, -0.1) is 4.91 Å². The Morgan fingerprint density at radius 1 is 1.35 bits per heavy atom. The second-order valence-corrected chi connectivity index (χ2v) is 3.81. The maximum Gasteiger partial charge on any atom is 0.155 e. The molecule has 2 rings (SSSR count). The molecule has 0 spiro atoms. The zero-order valence-corrected chi connectivity index (χ0v) is 10.2. The molecule has 5 heteroatoms. The zero-order chi connectivity index (χ0) is 12.5. The van der Waals surface area contributed by atoms with Gasteiger partial charge in [0.25, 0.3) is 0 Å². The lowest BCUT2D eigenvalue weighted by Crippen LogP contribution is -2.13. The van der Waals surface area contributed by atoms with Gasteiger partial charge in [-0.25, -0.2) is 0 Å². The van der Waals surface area contributed by atoms with E-state index < -0.39 is 0 Å². The van der Waals surface area contributed by atoms with E-state index in [0.29, 0.717) is 0 Å². The quantitative estimate of drug-likeness (QED) is 0.646. The van der Waals surface area contributed by atoms with Crippen LogP contribution in [0.25, 0.3) is 0 Å². The van der Waals surface area contributed by atoms with Crippen molar-refractivity contribution in [3.63, 3.8) is 0 Å². The fourth-order valence-electron chi connectivity index (χ4n) is 1.45. The predicted octanol–water partition coefficient (Wildman–Crippen LogP) is 2.05. The first-order chi connectivity index (χ1) is 8.26. The molecule has 0 aromatic heterocycles. The van der Waals surface area contributed by atoms with E-state index in [0.717, 1.165) is 25.3 Å². The largest absolute Gasteiger partial charge is 0.497 e. The molecule has 0 radical (unpaired) electrons. The van der Waals surface area contributed by atoms with Crippen molar-refractivity contribution < 1.29 is 9.57 Å². The Balaban J connectivity index is 0.000000171. The number of nitrogens with zero attached hydrogens (tertiary/aromatic N) is 1. The molecule has 1 unspecified atom stereocenters. The van der Waals surface area contributed by atoms with Crippen molar-refractivity contribution in [3.8, 4) is 5.75 Å². The van der Waals surface area contributed by atoms with Crippen LogP contribution in [0.2, 0.25) is 0 Å². The van der Waals surface area contributed by atoms with Gasteiger partial charge in [0.1, 0.15) is 11.9 Å². The summed E-state index contributed by atoms with van der Waals surface area (Å²) in [5, 5.41) is 5.36. The highest BCUT2D eigenvalue weighted by Gasteiger charge is 2.15. The minimum Gasteiger partial charge on any atom is -0.497 e. The summed E-state index contributed by atoms with van der Waals surface area (Å²) in [6.07, 6.45) is 0.915. The van der Waals surface area contributed by atoms with E-state index in [1.807, 2.05) is 24.3 Å². The van der Waals surface area contributed by atoms with Crippen LogP contribution in [-0.4, -0.2) is 26.3 Å². The third-order valence-electron chi connectivity index (χ3n) is 2.46. The van der Waals surface area contributed by atoms with Gasteiger partial charge >= 0.3 is 0 Å². The van der Waals surface area contributed by atoms with E-state index in [2.05, 4.69) is 22.4 Å². The lowest BCUT2D eigenvalue weighted by atomic mass is 10.2. The fourth-order valence-corrected chi connectivity index (χ4v) is 1.45. The third-order valence-corrected chi connectivity index (χ3v) is 2.46. The highest BCUT2D eigenvalue weighted by Crippen LogP contribution is 2.09. The second-order valence-electron chi connectivity index (χ2n) is 3.81. The average molecular weight is 238 g/mol. The Hall–Kier alpha value is -1.62. The molecule has 0 bridgehead atoms. The summed E-state index contributed by atoms with van der Waals surface area (Å²) in [6.45, 7) is 3.74. The van der Waals surface area contributed by atoms with Gasteiger partial charge in [-0.05, 0) is 25.6 Å². The monoisotopic (exact) mass is 238 g/mol. The molecule has 1 fully saturated rings. The number of ether oxygens (including phenoxy) is 1. The molecule has 0 amide bonds. The molecule has 0 aliphatic carbocycles. The van der Waals surface area contributed by atoms with Crippen molar-refractivity contribution in [3.05, 3.63) is 34.7 Å². The van der Waals surface area contributed by atoms with Crippen LogP contribution in [0.3, 0.4) is 0 Å². The van der Waals surface area contributed by atoms with Crippen LogP contribution in [-0.2, 0) is 4.84 Å². The molecule has 5 nitrogen and oxygen atoms in total. The summed E-state index contributed by atoms with van der Waals surface area (Å²) < 4.78 is 4.97. The van der Waals surface area contributed by atoms with Gasteiger partial charge in [-0.3, -0.25) is 0 Å². The molecule has 1 atom stereocenters. The van der Waals surface area contributed by atoms with E-state index in [4.69, 9.17) is 4.74 Å². The van der Waals surface area contributed by atoms with Gasteiger partial charge in [0, 0.05) is 13.0 Å². The third kappa shape index (κ3) is 5.31.